The van der Waals surface area contributed by atoms with E-state index in [9.17, 15) is 0 Å². The molecule has 102 valence electrons. The number of rotatable bonds is 1. The van der Waals surface area contributed by atoms with E-state index in [1.807, 2.05) is 0 Å². The molecule has 1 aromatic rings. The Morgan fingerprint density at radius 3 is 2.39 bits per heavy atom. The van der Waals surface area contributed by atoms with Crippen molar-refractivity contribution in [1.82, 2.24) is 20.1 Å². The molecule has 2 heterocycles. The van der Waals surface area contributed by atoms with E-state index in [1.165, 1.54) is 0 Å². The average Bonchev–Trinajstić information content (AvgIpc) is 2.57. The van der Waals surface area contributed by atoms with E-state index in [0.29, 0.717) is 6.04 Å². The fourth-order valence-corrected chi connectivity index (χ4v) is 2.52. The molecule has 0 bridgehead atoms. The highest BCUT2D eigenvalue weighted by molar-refractivity contribution is 5.08. The lowest BCUT2D eigenvalue weighted by Crippen LogP contribution is -2.41. The largest absolute Gasteiger partial charge is 0.312 e. The van der Waals surface area contributed by atoms with E-state index in [1.54, 1.807) is 0 Å². The lowest BCUT2D eigenvalue weighted by molar-refractivity contribution is 0.231. The molecule has 0 aromatic carbocycles. The standard InChI is InChI=1S/C14H26N4/c1-13(2,3)9-10-16-17-12-11(14(4,5)6)15-7-8-18(10)12/h11,15H,7-9H2,1-6H3. The summed E-state index contributed by atoms with van der Waals surface area (Å²) >= 11 is 0. The van der Waals surface area contributed by atoms with E-state index in [4.69, 9.17) is 0 Å². The number of nitrogens with one attached hydrogen (secondary N) is 1. The summed E-state index contributed by atoms with van der Waals surface area (Å²) in [5, 5.41) is 12.4. The van der Waals surface area contributed by atoms with Gasteiger partial charge in [0, 0.05) is 19.5 Å². The zero-order valence-electron chi connectivity index (χ0n) is 12.5. The smallest absolute Gasteiger partial charge is 0.150 e. The molecule has 1 unspecified atom stereocenters. The lowest BCUT2D eigenvalue weighted by atomic mass is 9.85. The minimum atomic E-state index is 0.171. The highest BCUT2D eigenvalue weighted by Crippen LogP contribution is 2.34. The summed E-state index contributed by atoms with van der Waals surface area (Å²) in [7, 11) is 0. The topological polar surface area (TPSA) is 42.7 Å². The van der Waals surface area contributed by atoms with Crippen LogP contribution in [-0.2, 0) is 13.0 Å². The molecule has 1 aromatic heterocycles. The summed E-state index contributed by atoms with van der Waals surface area (Å²) in [4.78, 5) is 0. The predicted molar refractivity (Wildman–Crippen MR) is 73.4 cm³/mol. The van der Waals surface area contributed by atoms with Crippen LogP contribution in [0.5, 0.6) is 0 Å². The molecule has 1 aliphatic rings. The Labute approximate surface area is 110 Å². The quantitative estimate of drug-likeness (QED) is 0.833. The van der Waals surface area contributed by atoms with E-state index >= 15 is 0 Å². The van der Waals surface area contributed by atoms with Crippen LogP contribution in [0.25, 0.3) is 0 Å². The van der Waals surface area contributed by atoms with Gasteiger partial charge in [-0.3, -0.25) is 0 Å². The van der Waals surface area contributed by atoms with Crippen molar-refractivity contribution in [2.24, 2.45) is 10.8 Å². The number of hydrogen-bond acceptors (Lipinski definition) is 3. The van der Waals surface area contributed by atoms with Crippen molar-refractivity contribution >= 4 is 0 Å². The highest BCUT2D eigenvalue weighted by Gasteiger charge is 2.34. The van der Waals surface area contributed by atoms with Crippen LogP contribution in [0.1, 0.15) is 59.2 Å². The third-order valence-corrected chi connectivity index (χ3v) is 3.35. The maximum Gasteiger partial charge on any atom is 0.150 e. The van der Waals surface area contributed by atoms with Gasteiger partial charge in [0.05, 0.1) is 6.04 Å². The van der Waals surface area contributed by atoms with Gasteiger partial charge in [0.2, 0.25) is 0 Å². The van der Waals surface area contributed by atoms with Gasteiger partial charge in [-0.1, -0.05) is 41.5 Å². The van der Waals surface area contributed by atoms with Crippen LogP contribution in [0.2, 0.25) is 0 Å². The molecule has 1 atom stereocenters. The molecule has 2 rings (SSSR count). The zero-order valence-corrected chi connectivity index (χ0v) is 12.5. The second-order valence-corrected chi connectivity index (χ2v) is 7.62. The first-order chi connectivity index (χ1) is 8.18. The SMILES string of the molecule is CC(C)(C)Cc1nnc2n1CCNC2C(C)(C)C. The van der Waals surface area contributed by atoms with Crippen LogP contribution < -0.4 is 5.32 Å². The molecule has 0 saturated carbocycles. The molecular formula is C14H26N4. The molecule has 1 N–H and O–H groups in total. The molecule has 18 heavy (non-hydrogen) atoms. The van der Waals surface area contributed by atoms with Gasteiger partial charge in [-0.15, -0.1) is 10.2 Å². The second kappa shape index (κ2) is 4.34. The molecule has 4 heteroatoms. The molecule has 4 nitrogen and oxygen atoms in total. The van der Waals surface area contributed by atoms with Gasteiger partial charge in [0.25, 0.3) is 0 Å². The van der Waals surface area contributed by atoms with Crippen molar-refractivity contribution in [2.45, 2.75) is 60.5 Å². The van der Waals surface area contributed by atoms with Gasteiger partial charge in [0.1, 0.15) is 5.82 Å². The van der Waals surface area contributed by atoms with Crippen molar-refractivity contribution in [3.05, 3.63) is 11.6 Å². The molecule has 0 radical (unpaired) electrons. The summed E-state index contributed by atoms with van der Waals surface area (Å²) in [6.07, 6.45) is 0.983. The lowest BCUT2D eigenvalue weighted by Gasteiger charge is -2.34. The molecule has 0 spiro atoms. The third kappa shape index (κ3) is 2.74. The summed E-state index contributed by atoms with van der Waals surface area (Å²) in [5.41, 5.74) is 0.427. The van der Waals surface area contributed by atoms with E-state index in [0.717, 1.165) is 31.2 Å². The zero-order chi connectivity index (χ0) is 13.6. The fourth-order valence-electron chi connectivity index (χ4n) is 2.52. The van der Waals surface area contributed by atoms with Crippen molar-refractivity contribution in [1.29, 1.82) is 0 Å². The number of fused-ring (bicyclic) bond motifs is 1. The van der Waals surface area contributed by atoms with Crippen LogP contribution in [0.4, 0.5) is 0 Å². The molecule has 0 saturated heterocycles. The van der Waals surface area contributed by atoms with Crippen LogP contribution in [0.3, 0.4) is 0 Å². The van der Waals surface area contributed by atoms with E-state index in [-0.39, 0.29) is 10.8 Å². The second-order valence-electron chi connectivity index (χ2n) is 7.62. The maximum atomic E-state index is 4.44. The monoisotopic (exact) mass is 250 g/mol. The first-order valence-corrected chi connectivity index (χ1v) is 6.84. The predicted octanol–water partition coefficient (Wildman–Crippen LogP) is 2.56. The first kappa shape index (κ1) is 13.5. The fraction of sp³-hybridized carbons (Fsp3) is 0.857. The maximum absolute atomic E-state index is 4.44. The van der Waals surface area contributed by atoms with Crippen molar-refractivity contribution in [3.63, 3.8) is 0 Å². The summed E-state index contributed by atoms with van der Waals surface area (Å²) < 4.78 is 2.32. The third-order valence-electron chi connectivity index (χ3n) is 3.35. The Balaban J connectivity index is 2.32. The first-order valence-electron chi connectivity index (χ1n) is 6.84. The van der Waals surface area contributed by atoms with Gasteiger partial charge >= 0.3 is 0 Å². The van der Waals surface area contributed by atoms with E-state index in [2.05, 4.69) is 61.6 Å². The molecule has 0 amide bonds. The Morgan fingerprint density at radius 1 is 1.17 bits per heavy atom. The number of nitrogens with zero attached hydrogens (tertiary/aromatic N) is 3. The van der Waals surface area contributed by atoms with Gasteiger partial charge in [0.15, 0.2) is 5.82 Å². The summed E-state index contributed by atoms with van der Waals surface area (Å²) in [6, 6.07) is 0.299. The van der Waals surface area contributed by atoms with Crippen LogP contribution in [0, 0.1) is 10.8 Å². The molecular weight excluding hydrogens is 224 g/mol. The summed E-state index contributed by atoms with van der Waals surface area (Å²) in [5.74, 6) is 2.24. The Bertz CT molecular complexity index is 420. The Morgan fingerprint density at radius 2 is 1.83 bits per heavy atom. The molecule has 0 aliphatic carbocycles. The van der Waals surface area contributed by atoms with Crippen molar-refractivity contribution in [2.75, 3.05) is 6.54 Å². The van der Waals surface area contributed by atoms with Gasteiger partial charge in [-0.25, -0.2) is 0 Å². The van der Waals surface area contributed by atoms with Gasteiger partial charge < -0.3 is 9.88 Å². The van der Waals surface area contributed by atoms with Crippen LogP contribution in [-0.4, -0.2) is 21.3 Å². The van der Waals surface area contributed by atoms with Crippen molar-refractivity contribution < 1.29 is 0 Å². The number of aromatic nitrogens is 3. The average molecular weight is 250 g/mol. The van der Waals surface area contributed by atoms with Crippen molar-refractivity contribution in [3.8, 4) is 0 Å². The Hall–Kier alpha value is -0.900. The molecule has 1 aliphatic heterocycles. The minimum absolute atomic E-state index is 0.171. The van der Waals surface area contributed by atoms with Crippen LogP contribution >= 0.6 is 0 Å². The van der Waals surface area contributed by atoms with Crippen LogP contribution in [0.15, 0.2) is 0 Å². The van der Waals surface area contributed by atoms with E-state index < -0.39 is 0 Å². The van der Waals surface area contributed by atoms with Gasteiger partial charge in [-0.2, -0.15) is 0 Å². The normalized spacial score (nSPS) is 20.9. The van der Waals surface area contributed by atoms with Gasteiger partial charge in [-0.05, 0) is 10.8 Å². The minimum Gasteiger partial charge on any atom is -0.312 e. The molecule has 0 fully saturated rings. The summed E-state index contributed by atoms with van der Waals surface area (Å²) in [6.45, 7) is 15.5. The highest BCUT2D eigenvalue weighted by atomic mass is 15.3. The number of hydrogen-bond donors (Lipinski definition) is 1. The Kier molecular flexibility index (Phi) is 3.26.